The van der Waals surface area contributed by atoms with Gasteiger partial charge >= 0.3 is 0 Å². The molecule has 2 fully saturated rings. The summed E-state index contributed by atoms with van der Waals surface area (Å²) in [5.74, 6) is 0.906. The molecule has 0 amide bonds. The predicted octanol–water partition coefficient (Wildman–Crippen LogP) is 2.91. The highest BCUT2D eigenvalue weighted by Gasteiger charge is 2.36. The largest absolute Gasteiger partial charge is 0.300 e. The smallest absolute Gasteiger partial charge is 0.00955 e. The molecule has 1 heteroatoms. The van der Waals surface area contributed by atoms with Crippen molar-refractivity contribution in [1.82, 2.24) is 4.90 Å². The number of hydrogen-bond acceptors (Lipinski definition) is 1. The van der Waals surface area contributed by atoms with Crippen LogP contribution in [0.25, 0.3) is 0 Å². The molecular weight excluding hydrogens is 158 g/mol. The topological polar surface area (TPSA) is 3.24 Å². The van der Waals surface area contributed by atoms with Crippen LogP contribution in [0.1, 0.15) is 46.5 Å². The van der Waals surface area contributed by atoms with Gasteiger partial charge in [0.2, 0.25) is 0 Å². The highest BCUT2D eigenvalue weighted by Crippen LogP contribution is 2.38. The lowest BCUT2D eigenvalue weighted by atomic mass is 9.73. The van der Waals surface area contributed by atoms with Gasteiger partial charge in [0, 0.05) is 12.6 Å². The lowest BCUT2D eigenvalue weighted by Gasteiger charge is -2.48. The van der Waals surface area contributed by atoms with Crippen LogP contribution in [0, 0.1) is 11.3 Å². The van der Waals surface area contributed by atoms with Crippen LogP contribution in [0.2, 0.25) is 0 Å². The third kappa shape index (κ3) is 1.76. The number of likely N-dealkylation sites (tertiary alicyclic amines) is 1. The number of piperidine rings is 1. The van der Waals surface area contributed by atoms with Crippen LogP contribution < -0.4 is 0 Å². The molecule has 0 spiro atoms. The molecule has 1 heterocycles. The van der Waals surface area contributed by atoms with Gasteiger partial charge in [0.1, 0.15) is 0 Å². The fraction of sp³-hybridized carbons (Fsp3) is 1.00. The summed E-state index contributed by atoms with van der Waals surface area (Å²) in [6.07, 6.45) is 5.80. The normalized spacial score (nSPS) is 35.8. The molecule has 1 aliphatic carbocycles. The van der Waals surface area contributed by atoms with Crippen LogP contribution in [0.15, 0.2) is 0 Å². The Balaban J connectivity index is 1.94. The SMILES string of the molecule is CC1CCN(C2CCC2)CC1(C)C. The zero-order valence-corrected chi connectivity index (χ0v) is 9.34. The summed E-state index contributed by atoms with van der Waals surface area (Å²) in [5.41, 5.74) is 0.549. The third-order valence-electron chi connectivity index (χ3n) is 4.39. The van der Waals surface area contributed by atoms with Gasteiger partial charge < -0.3 is 0 Å². The Bertz CT molecular complexity index is 182. The number of nitrogens with zero attached hydrogens (tertiary/aromatic N) is 1. The molecule has 0 aromatic carbocycles. The molecule has 2 rings (SSSR count). The van der Waals surface area contributed by atoms with Crippen LogP contribution in [-0.4, -0.2) is 24.0 Å². The van der Waals surface area contributed by atoms with Gasteiger partial charge in [-0.2, -0.15) is 0 Å². The highest BCUT2D eigenvalue weighted by atomic mass is 15.2. The van der Waals surface area contributed by atoms with Gasteiger partial charge in [-0.1, -0.05) is 27.2 Å². The van der Waals surface area contributed by atoms with Crippen molar-refractivity contribution in [1.29, 1.82) is 0 Å². The first-order valence-electron chi connectivity index (χ1n) is 5.83. The van der Waals surface area contributed by atoms with Gasteiger partial charge in [0.05, 0.1) is 0 Å². The van der Waals surface area contributed by atoms with Gasteiger partial charge in [-0.15, -0.1) is 0 Å². The van der Waals surface area contributed by atoms with E-state index >= 15 is 0 Å². The maximum absolute atomic E-state index is 2.74. The van der Waals surface area contributed by atoms with Crippen LogP contribution in [-0.2, 0) is 0 Å². The van der Waals surface area contributed by atoms with Crippen molar-refractivity contribution >= 4 is 0 Å². The zero-order chi connectivity index (χ0) is 9.47. The van der Waals surface area contributed by atoms with Crippen molar-refractivity contribution < 1.29 is 0 Å². The number of hydrogen-bond donors (Lipinski definition) is 0. The summed E-state index contributed by atoms with van der Waals surface area (Å²) in [4.78, 5) is 2.74. The lowest BCUT2D eigenvalue weighted by molar-refractivity contribution is 0.0113. The monoisotopic (exact) mass is 181 g/mol. The summed E-state index contributed by atoms with van der Waals surface area (Å²) in [6.45, 7) is 9.97. The fourth-order valence-corrected chi connectivity index (χ4v) is 2.57. The highest BCUT2D eigenvalue weighted by molar-refractivity contribution is 4.90. The van der Waals surface area contributed by atoms with Crippen LogP contribution >= 0.6 is 0 Å². The predicted molar refractivity (Wildman–Crippen MR) is 56.8 cm³/mol. The van der Waals surface area contributed by atoms with E-state index in [0.29, 0.717) is 5.41 Å². The Morgan fingerprint density at radius 2 is 1.85 bits per heavy atom. The molecule has 0 bridgehead atoms. The van der Waals surface area contributed by atoms with Gasteiger partial charge in [0.25, 0.3) is 0 Å². The van der Waals surface area contributed by atoms with Crippen LogP contribution in [0.3, 0.4) is 0 Å². The van der Waals surface area contributed by atoms with E-state index in [0.717, 1.165) is 12.0 Å². The average molecular weight is 181 g/mol. The van der Waals surface area contributed by atoms with E-state index in [9.17, 15) is 0 Å². The third-order valence-corrected chi connectivity index (χ3v) is 4.39. The molecule has 2 aliphatic rings. The first kappa shape index (κ1) is 9.51. The molecule has 0 N–H and O–H groups in total. The maximum Gasteiger partial charge on any atom is 0.00955 e. The summed E-state index contributed by atoms with van der Waals surface area (Å²) in [6, 6.07) is 0.951. The quantitative estimate of drug-likeness (QED) is 0.601. The van der Waals surface area contributed by atoms with Crippen molar-refractivity contribution in [3.8, 4) is 0 Å². The van der Waals surface area contributed by atoms with Crippen molar-refractivity contribution in [2.75, 3.05) is 13.1 Å². The van der Waals surface area contributed by atoms with Crippen molar-refractivity contribution in [2.45, 2.75) is 52.5 Å². The molecule has 76 valence electrons. The second kappa shape index (κ2) is 3.27. The molecule has 0 radical (unpaired) electrons. The minimum absolute atomic E-state index is 0.549. The van der Waals surface area contributed by atoms with E-state index in [4.69, 9.17) is 0 Å². The van der Waals surface area contributed by atoms with E-state index in [2.05, 4.69) is 25.7 Å². The zero-order valence-electron chi connectivity index (χ0n) is 9.34. The van der Waals surface area contributed by atoms with E-state index in [1.54, 1.807) is 0 Å². The first-order valence-corrected chi connectivity index (χ1v) is 5.83. The Hall–Kier alpha value is -0.0400. The van der Waals surface area contributed by atoms with E-state index in [1.165, 1.54) is 38.8 Å². The molecule has 13 heavy (non-hydrogen) atoms. The molecule has 1 saturated carbocycles. The second-order valence-electron chi connectivity index (χ2n) is 5.73. The summed E-state index contributed by atoms with van der Waals surface area (Å²) in [7, 11) is 0. The maximum atomic E-state index is 2.74. The van der Waals surface area contributed by atoms with Gasteiger partial charge in [0.15, 0.2) is 0 Å². The van der Waals surface area contributed by atoms with E-state index in [-0.39, 0.29) is 0 Å². The molecule has 1 unspecified atom stereocenters. The standard InChI is InChI=1S/C12H23N/c1-10-7-8-13(9-12(10,2)3)11-5-4-6-11/h10-11H,4-9H2,1-3H3. The van der Waals surface area contributed by atoms with Crippen molar-refractivity contribution in [3.05, 3.63) is 0 Å². The molecule has 1 atom stereocenters. The van der Waals surface area contributed by atoms with Crippen LogP contribution in [0.4, 0.5) is 0 Å². The Morgan fingerprint density at radius 1 is 1.15 bits per heavy atom. The van der Waals surface area contributed by atoms with Crippen molar-refractivity contribution in [3.63, 3.8) is 0 Å². The Morgan fingerprint density at radius 3 is 2.31 bits per heavy atom. The molecule has 1 nitrogen and oxygen atoms in total. The summed E-state index contributed by atoms with van der Waals surface area (Å²) in [5, 5.41) is 0. The molecule has 1 aliphatic heterocycles. The summed E-state index contributed by atoms with van der Waals surface area (Å²) < 4.78 is 0. The Kier molecular flexibility index (Phi) is 2.39. The molecule has 0 aromatic rings. The molecule has 1 saturated heterocycles. The van der Waals surface area contributed by atoms with E-state index < -0.39 is 0 Å². The van der Waals surface area contributed by atoms with Crippen molar-refractivity contribution in [2.24, 2.45) is 11.3 Å². The number of rotatable bonds is 1. The van der Waals surface area contributed by atoms with Gasteiger partial charge in [-0.25, -0.2) is 0 Å². The summed E-state index contributed by atoms with van der Waals surface area (Å²) >= 11 is 0. The molecule has 0 aromatic heterocycles. The van der Waals surface area contributed by atoms with Crippen LogP contribution in [0.5, 0.6) is 0 Å². The lowest BCUT2D eigenvalue weighted by Crippen LogP contribution is -2.51. The first-order chi connectivity index (χ1) is 6.09. The van der Waals surface area contributed by atoms with E-state index in [1.807, 2.05) is 0 Å². The molecular formula is C12H23N. The fourth-order valence-electron chi connectivity index (χ4n) is 2.57. The minimum atomic E-state index is 0.549. The van der Waals surface area contributed by atoms with Gasteiger partial charge in [-0.05, 0) is 37.1 Å². The Labute approximate surface area is 82.5 Å². The second-order valence-corrected chi connectivity index (χ2v) is 5.73. The average Bonchev–Trinajstić information content (AvgIpc) is 1.92. The van der Waals surface area contributed by atoms with Gasteiger partial charge in [-0.3, -0.25) is 4.90 Å². The minimum Gasteiger partial charge on any atom is -0.300 e.